The lowest BCUT2D eigenvalue weighted by molar-refractivity contribution is 0.303. The predicted octanol–water partition coefficient (Wildman–Crippen LogP) is 3.89. The highest BCUT2D eigenvalue weighted by molar-refractivity contribution is 5.32. The molecule has 1 unspecified atom stereocenters. The van der Waals surface area contributed by atoms with Gasteiger partial charge in [-0.3, -0.25) is 0 Å². The van der Waals surface area contributed by atoms with E-state index in [9.17, 15) is 0 Å². The second kappa shape index (κ2) is 5.96. The second-order valence-electron chi connectivity index (χ2n) is 6.39. The fourth-order valence-corrected chi connectivity index (χ4v) is 2.67. The van der Waals surface area contributed by atoms with Gasteiger partial charge in [0.1, 0.15) is 5.75 Å². The second-order valence-corrected chi connectivity index (χ2v) is 6.39. The van der Waals surface area contributed by atoms with E-state index in [-0.39, 0.29) is 5.41 Å². The van der Waals surface area contributed by atoms with Crippen molar-refractivity contribution in [2.24, 2.45) is 0 Å². The zero-order chi connectivity index (χ0) is 13.9. The maximum Gasteiger partial charge on any atom is 0.119 e. The predicted molar refractivity (Wildman–Crippen MR) is 80.9 cm³/mol. The number of hydrogen-bond donors (Lipinski definition) is 1. The fraction of sp³-hybridized carbons (Fsp3) is 0.647. The van der Waals surface area contributed by atoms with Crippen molar-refractivity contribution in [3.8, 4) is 5.75 Å². The molecule has 1 aliphatic rings. The minimum atomic E-state index is 0.194. The van der Waals surface area contributed by atoms with Crippen LogP contribution in [0.4, 0.5) is 0 Å². The van der Waals surface area contributed by atoms with Crippen LogP contribution in [0.2, 0.25) is 0 Å². The molecule has 2 heteroatoms. The van der Waals surface area contributed by atoms with Gasteiger partial charge in [-0.2, -0.15) is 0 Å². The van der Waals surface area contributed by atoms with Crippen molar-refractivity contribution in [1.29, 1.82) is 0 Å². The number of ether oxygens (including phenoxy) is 1. The Morgan fingerprint density at radius 1 is 1.26 bits per heavy atom. The topological polar surface area (TPSA) is 21.3 Å². The van der Waals surface area contributed by atoms with Gasteiger partial charge in [0.05, 0.1) is 6.10 Å². The van der Waals surface area contributed by atoms with E-state index in [2.05, 4.69) is 57.3 Å². The van der Waals surface area contributed by atoms with Crippen LogP contribution in [-0.2, 0) is 5.41 Å². The van der Waals surface area contributed by atoms with Crippen LogP contribution in [0.1, 0.15) is 52.5 Å². The van der Waals surface area contributed by atoms with Crippen molar-refractivity contribution in [2.45, 2.75) is 64.5 Å². The van der Waals surface area contributed by atoms with Crippen LogP contribution in [0.5, 0.6) is 5.75 Å². The third kappa shape index (κ3) is 4.24. The summed E-state index contributed by atoms with van der Waals surface area (Å²) in [6.45, 7) is 10.1. The van der Waals surface area contributed by atoms with Gasteiger partial charge in [-0.1, -0.05) is 32.9 Å². The minimum absolute atomic E-state index is 0.194. The van der Waals surface area contributed by atoms with E-state index in [1.807, 2.05) is 0 Å². The molecule has 0 spiro atoms. The monoisotopic (exact) mass is 261 g/mol. The first kappa shape index (κ1) is 14.4. The Labute approximate surface area is 117 Å². The van der Waals surface area contributed by atoms with Gasteiger partial charge < -0.3 is 10.1 Å². The summed E-state index contributed by atoms with van der Waals surface area (Å²) < 4.78 is 5.80. The summed E-state index contributed by atoms with van der Waals surface area (Å²) in [5.74, 6) is 1.02. The lowest BCUT2D eigenvalue weighted by Gasteiger charge is -2.29. The maximum absolute atomic E-state index is 5.80. The van der Waals surface area contributed by atoms with Crippen LogP contribution in [-0.4, -0.2) is 18.7 Å². The van der Waals surface area contributed by atoms with E-state index >= 15 is 0 Å². The Balaban J connectivity index is 1.98. The Morgan fingerprint density at radius 3 is 2.42 bits per heavy atom. The van der Waals surface area contributed by atoms with Crippen LogP contribution < -0.4 is 10.1 Å². The Kier molecular flexibility index (Phi) is 4.51. The van der Waals surface area contributed by atoms with Gasteiger partial charge >= 0.3 is 0 Å². The first-order valence-corrected chi connectivity index (χ1v) is 7.52. The molecule has 106 valence electrons. The smallest absolute Gasteiger partial charge is 0.119 e. The van der Waals surface area contributed by atoms with Crippen molar-refractivity contribution in [2.75, 3.05) is 6.54 Å². The van der Waals surface area contributed by atoms with E-state index in [4.69, 9.17) is 4.74 Å². The quantitative estimate of drug-likeness (QED) is 0.804. The van der Waals surface area contributed by atoms with Crippen molar-refractivity contribution in [3.63, 3.8) is 0 Å². The molecule has 0 radical (unpaired) electrons. The highest BCUT2D eigenvalue weighted by Crippen LogP contribution is 2.31. The summed E-state index contributed by atoms with van der Waals surface area (Å²) in [6, 6.07) is 9.22. The molecule has 19 heavy (non-hydrogen) atoms. The molecule has 1 fully saturated rings. The van der Waals surface area contributed by atoms with Crippen LogP contribution in [0.25, 0.3) is 0 Å². The highest BCUT2D eigenvalue weighted by atomic mass is 16.5. The molecule has 1 atom stereocenters. The highest BCUT2D eigenvalue weighted by Gasteiger charge is 2.25. The third-order valence-electron chi connectivity index (χ3n) is 3.83. The molecule has 0 amide bonds. The van der Waals surface area contributed by atoms with Gasteiger partial charge in [0.25, 0.3) is 0 Å². The largest absolute Gasteiger partial charge is 0.490 e. The number of nitrogens with one attached hydrogen (secondary N) is 1. The van der Waals surface area contributed by atoms with E-state index in [1.165, 1.54) is 18.4 Å². The molecular weight excluding hydrogens is 234 g/mol. The maximum atomic E-state index is 5.80. The van der Waals surface area contributed by atoms with E-state index < -0.39 is 0 Å². The normalized spacial score (nSPS) is 17.3. The minimum Gasteiger partial charge on any atom is -0.490 e. The van der Waals surface area contributed by atoms with Crippen molar-refractivity contribution in [3.05, 3.63) is 29.8 Å². The summed E-state index contributed by atoms with van der Waals surface area (Å²) in [5.41, 5.74) is 1.58. The van der Waals surface area contributed by atoms with Crippen molar-refractivity contribution in [1.82, 2.24) is 5.32 Å². The summed E-state index contributed by atoms with van der Waals surface area (Å²) >= 11 is 0. The Morgan fingerprint density at radius 2 is 1.89 bits per heavy atom. The molecule has 2 rings (SSSR count). The number of benzene rings is 1. The Hall–Kier alpha value is -1.02. The molecule has 2 nitrogen and oxygen atoms in total. The van der Waals surface area contributed by atoms with Gasteiger partial charge in [-0.15, -0.1) is 0 Å². The first-order chi connectivity index (χ1) is 9.01. The Bertz CT molecular complexity index is 392. The average Bonchev–Trinajstić information content (AvgIpc) is 3.13. The van der Waals surface area contributed by atoms with Gasteiger partial charge in [0.2, 0.25) is 0 Å². The molecule has 0 heterocycles. The molecular formula is C17H27NO. The molecule has 0 aliphatic heterocycles. The van der Waals surface area contributed by atoms with Crippen LogP contribution in [0.3, 0.4) is 0 Å². The fourth-order valence-electron chi connectivity index (χ4n) is 2.67. The van der Waals surface area contributed by atoms with E-state index in [0.717, 1.165) is 18.7 Å². The summed E-state index contributed by atoms with van der Waals surface area (Å²) in [7, 11) is 0. The summed E-state index contributed by atoms with van der Waals surface area (Å²) in [5, 5.41) is 3.49. The molecule has 1 aromatic rings. The van der Waals surface area contributed by atoms with Crippen LogP contribution in [0, 0.1) is 0 Å². The molecule has 0 aromatic heterocycles. The molecule has 0 saturated heterocycles. The number of hydrogen-bond acceptors (Lipinski definition) is 2. The van der Waals surface area contributed by atoms with Gasteiger partial charge in [0.15, 0.2) is 0 Å². The average molecular weight is 261 g/mol. The molecule has 1 aliphatic carbocycles. The standard InChI is InChI=1S/C17H27NO/c1-5-18-13(2)12-17(3,4)14-6-8-15(9-7-14)19-16-10-11-16/h6-9,13,16,18H,5,10-12H2,1-4H3. The van der Waals surface area contributed by atoms with E-state index in [1.54, 1.807) is 0 Å². The zero-order valence-electron chi connectivity index (χ0n) is 12.7. The van der Waals surface area contributed by atoms with E-state index in [0.29, 0.717) is 12.1 Å². The number of rotatable bonds is 7. The van der Waals surface area contributed by atoms with Crippen LogP contribution >= 0.6 is 0 Å². The van der Waals surface area contributed by atoms with Crippen molar-refractivity contribution >= 4 is 0 Å². The zero-order valence-corrected chi connectivity index (χ0v) is 12.7. The van der Waals surface area contributed by atoms with Gasteiger partial charge in [-0.25, -0.2) is 0 Å². The SMILES string of the molecule is CCNC(C)CC(C)(C)c1ccc(OC2CC2)cc1. The first-order valence-electron chi connectivity index (χ1n) is 7.52. The summed E-state index contributed by atoms with van der Waals surface area (Å²) in [6.07, 6.45) is 4.05. The lowest BCUT2D eigenvalue weighted by atomic mass is 9.79. The molecule has 1 aromatic carbocycles. The van der Waals surface area contributed by atoms with Crippen LogP contribution in [0.15, 0.2) is 24.3 Å². The third-order valence-corrected chi connectivity index (χ3v) is 3.83. The van der Waals surface area contributed by atoms with Gasteiger partial charge in [0, 0.05) is 6.04 Å². The molecule has 1 N–H and O–H groups in total. The van der Waals surface area contributed by atoms with Crippen molar-refractivity contribution < 1.29 is 4.74 Å². The lowest BCUT2D eigenvalue weighted by Crippen LogP contribution is -2.33. The molecule has 1 saturated carbocycles. The van der Waals surface area contributed by atoms with Gasteiger partial charge in [-0.05, 0) is 55.8 Å². The summed E-state index contributed by atoms with van der Waals surface area (Å²) in [4.78, 5) is 0. The molecule has 0 bridgehead atoms.